The van der Waals surface area contributed by atoms with Crippen LogP contribution in [0.3, 0.4) is 0 Å². The Morgan fingerprint density at radius 1 is 1.12 bits per heavy atom. The van der Waals surface area contributed by atoms with E-state index >= 15 is 0 Å². The number of hydrogen-bond acceptors (Lipinski definition) is 3. The van der Waals surface area contributed by atoms with Gasteiger partial charge in [-0.1, -0.05) is 0 Å². The summed E-state index contributed by atoms with van der Waals surface area (Å²) < 4.78 is 0. The maximum atomic E-state index is 4.44. The van der Waals surface area contributed by atoms with Gasteiger partial charge in [-0.3, -0.25) is 4.98 Å². The molecule has 0 aliphatic carbocycles. The second kappa shape index (κ2) is 3.74. The van der Waals surface area contributed by atoms with E-state index in [1.54, 1.807) is 0 Å². The highest BCUT2D eigenvalue weighted by atomic mass is 15.2. The van der Waals surface area contributed by atoms with Crippen LogP contribution >= 0.6 is 0 Å². The number of aromatic nitrogens is 1. The number of pyridine rings is 1. The Bertz CT molecular complexity index is 370. The molecule has 0 aromatic carbocycles. The molecule has 1 aromatic heterocycles. The van der Waals surface area contributed by atoms with E-state index in [2.05, 4.69) is 41.2 Å². The molecule has 2 aliphatic heterocycles. The number of nitrogens with zero attached hydrogens (tertiary/aromatic N) is 2. The smallest absolute Gasteiger partial charge is 0.0402 e. The Morgan fingerprint density at radius 3 is 2.25 bits per heavy atom. The zero-order chi connectivity index (χ0) is 11.1. The molecule has 0 amide bonds. The molecule has 1 N–H and O–H groups in total. The lowest BCUT2D eigenvalue weighted by Crippen LogP contribution is -2.25. The Kier molecular flexibility index (Phi) is 2.36. The van der Waals surface area contributed by atoms with Crippen molar-refractivity contribution in [3.8, 4) is 0 Å². The van der Waals surface area contributed by atoms with Gasteiger partial charge >= 0.3 is 0 Å². The maximum Gasteiger partial charge on any atom is 0.0402 e. The SMILES string of the molecule is Cc1cc(N2CC3CNCC3C2)cc(C)n1. The summed E-state index contributed by atoms with van der Waals surface area (Å²) in [6.07, 6.45) is 0. The number of fused-ring (bicyclic) bond motifs is 1. The predicted molar refractivity (Wildman–Crippen MR) is 65.8 cm³/mol. The van der Waals surface area contributed by atoms with E-state index in [0.717, 1.165) is 23.2 Å². The molecule has 86 valence electrons. The van der Waals surface area contributed by atoms with Crippen LogP contribution in [-0.2, 0) is 0 Å². The average Bonchev–Trinajstić information content (AvgIpc) is 2.74. The molecule has 1 aromatic rings. The summed E-state index contributed by atoms with van der Waals surface area (Å²) in [7, 11) is 0. The minimum Gasteiger partial charge on any atom is -0.371 e. The summed E-state index contributed by atoms with van der Waals surface area (Å²) in [5.74, 6) is 1.71. The molecule has 0 bridgehead atoms. The summed E-state index contributed by atoms with van der Waals surface area (Å²) in [5.41, 5.74) is 3.62. The molecule has 3 heterocycles. The summed E-state index contributed by atoms with van der Waals surface area (Å²) in [4.78, 5) is 6.96. The van der Waals surface area contributed by atoms with Gasteiger partial charge in [0, 0.05) is 43.3 Å². The van der Waals surface area contributed by atoms with Gasteiger partial charge in [0.25, 0.3) is 0 Å². The van der Waals surface area contributed by atoms with Crippen molar-refractivity contribution in [1.82, 2.24) is 10.3 Å². The fourth-order valence-corrected chi connectivity index (χ4v) is 3.06. The Balaban J connectivity index is 1.83. The molecular formula is C13H19N3. The minimum absolute atomic E-state index is 0.855. The van der Waals surface area contributed by atoms with E-state index in [0.29, 0.717) is 0 Å². The van der Waals surface area contributed by atoms with E-state index in [-0.39, 0.29) is 0 Å². The first-order chi connectivity index (χ1) is 7.72. The minimum atomic E-state index is 0.855. The highest BCUT2D eigenvalue weighted by Crippen LogP contribution is 2.30. The standard InChI is InChI=1S/C13H19N3/c1-9-3-13(4-10(2)15-9)16-7-11-5-14-6-12(11)8-16/h3-4,11-12,14H,5-8H2,1-2H3. The first-order valence-electron chi connectivity index (χ1n) is 6.13. The van der Waals surface area contributed by atoms with E-state index in [1.807, 2.05) is 0 Å². The van der Waals surface area contributed by atoms with Crippen molar-refractivity contribution in [3.63, 3.8) is 0 Å². The van der Waals surface area contributed by atoms with Gasteiger partial charge in [0.15, 0.2) is 0 Å². The molecule has 16 heavy (non-hydrogen) atoms. The first kappa shape index (κ1) is 10.1. The van der Waals surface area contributed by atoms with Gasteiger partial charge in [0.05, 0.1) is 0 Å². The molecule has 2 atom stereocenters. The largest absolute Gasteiger partial charge is 0.371 e. The highest BCUT2D eigenvalue weighted by molar-refractivity contribution is 5.49. The third-order valence-corrected chi connectivity index (χ3v) is 3.82. The molecule has 3 rings (SSSR count). The number of aryl methyl sites for hydroxylation is 2. The number of hydrogen-bond donors (Lipinski definition) is 1. The lowest BCUT2D eigenvalue weighted by molar-refractivity contribution is 0.533. The van der Waals surface area contributed by atoms with Crippen molar-refractivity contribution in [2.75, 3.05) is 31.1 Å². The predicted octanol–water partition coefficient (Wildman–Crippen LogP) is 1.35. The van der Waals surface area contributed by atoms with Gasteiger partial charge in [-0.05, 0) is 37.8 Å². The monoisotopic (exact) mass is 217 g/mol. The number of anilines is 1. The molecule has 2 saturated heterocycles. The molecule has 2 aliphatic rings. The normalized spacial score (nSPS) is 28.5. The van der Waals surface area contributed by atoms with Crippen molar-refractivity contribution < 1.29 is 0 Å². The van der Waals surface area contributed by atoms with Gasteiger partial charge < -0.3 is 10.2 Å². The van der Waals surface area contributed by atoms with Gasteiger partial charge in [-0.2, -0.15) is 0 Å². The molecule has 2 fully saturated rings. The third kappa shape index (κ3) is 1.69. The fourth-order valence-electron chi connectivity index (χ4n) is 3.06. The first-order valence-corrected chi connectivity index (χ1v) is 6.13. The summed E-state index contributed by atoms with van der Waals surface area (Å²) in [5, 5.41) is 3.48. The quantitative estimate of drug-likeness (QED) is 0.769. The van der Waals surface area contributed by atoms with Crippen molar-refractivity contribution in [2.45, 2.75) is 13.8 Å². The lowest BCUT2D eigenvalue weighted by atomic mass is 10.0. The van der Waals surface area contributed by atoms with Crippen molar-refractivity contribution in [1.29, 1.82) is 0 Å². The van der Waals surface area contributed by atoms with Crippen molar-refractivity contribution >= 4 is 5.69 Å². The maximum absolute atomic E-state index is 4.44. The zero-order valence-electron chi connectivity index (χ0n) is 10.0. The summed E-state index contributed by atoms with van der Waals surface area (Å²) >= 11 is 0. The summed E-state index contributed by atoms with van der Waals surface area (Å²) in [6.45, 7) is 8.97. The van der Waals surface area contributed by atoms with Crippen LogP contribution in [0.4, 0.5) is 5.69 Å². The topological polar surface area (TPSA) is 28.2 Å². The zero-order valence-corrected chi connectivity index (χ0v) is 10.0. The third-order valence-electron chi connectivity index (χ3n) is 3.82. The van der Waals surface area contributed by atoms with Crippen LogP contribution < -0.4 is 10.2 Å². The van der Waals surface area contributed by atoms with Gasteiger partial charge in [0.2, 0.25) is 0 Å². The van der Waals surface area contributed by atoms with Crippen molar-refractivity contribution in [2.24, 2.45) is 11.8 Å². The lowest BCUT2D eigenvalue weighted by Gasteiger charge is -2.20. The van der Waals surface area contributed by atoms with Crippen LogP contribution in [0.1, 0.15) is 11.4 Å². The molecule has 3 nitrogen and oxygen atoms in total. The molecular weight excluding hydrogens is 198 g/mol. The molecule has 2 unspecified atom stereocenters. The van der Waals surface area contributed by atoms with Crippen LogP contribution in [0.2, 0.25) is 0 Å². The summed E-state index contributed by atoms with van der Waals surface area (Å²) in [6, 6.07) is 4.42. The second-order valence-corrected chi connectivity index (χ2v) is 5.19. The average molecular weight is 217 g/mol. The second-order valence-electron chi connectivity index (χ2n) is 5.19. The van der Waals surface area contributed by atoms with Crippen LogP contribution in [0.5, 0.6) is 0 Å². The number of rotatable bonds is 1. The van der Waals surface area contributed by atoms with E-state index in [1.165, 1.54) is 31.9 Å². The van der Waals surface area contributed by atoms with Crippen LogP contribution in [0, 0.1) is 25.7 Å². The Labute approximate surface area is 96.9 Å². The van der Waals surface area contributed by atoms with Gasteiger partial charge in [-0.15, -0.1) is 0 Å². The Hall–Kier alpha value is -1.09. The molecule has 0 spiro atoms. The van der Waals surface area contributed by atoms with E-state index < -0.39 is 0 Å². The van der Waals surface area contributed by atoms with Crippen LogP contribution in [0.15, 0.2) is 12.1 Å². The van der Waals surface area contributed by atoms with Crippen LogP contribution in [0.25, 0.3) is 0 Å². The van der Waals surface area contributed by atoms with Gasteiger partial charge in [-0.25, -0.2) is 0 Å². The number of nitrogens with one attached hydrogen (secondary N) is 1. The molecule has 0 radical (unpaired) electrons. The fraction of sp³-hybridized carbons (Fsp3) is 0.615. The molecule has 0 saturated carbocycles. The van der Waals surface area contributed by atoms with Crippen molar-refractivity contribution in [3.05, 3.63) is 23.5 Å². The van der Waals surface area contributed by atoms with Crippen LogP contribution in [-0.4, -0.2) is 31.2 Å². The molecule has 3 heteroatoms. The van der Waals surface area contributed by atoms with E-state index in [9.17, 15) is 0 Å². The van der Waals surface area contributed by atoms with Gasteiger partial charge in [0.1, 0.15) is 0 Å². The Morgan fingerprint density at radius 2 is 1.69 bits per heavy atom. The van der Waals surface area contributed by atoms with E-state index in [4.69, 9.17) is 0 Å². The highest BCUT2D eigenvalue weighted by Gasteiger charge is 2.36.